The Morgan fingerprint density at radius 3 is 3.26 bits per heavy atom. The summed E-state index contributed by atoms with van der Waals surface area (Å²) in [6, 6.07) is 3.76. The first kappa shape index (κ1) is 12.7. The third kappa shape index (κ3) is 2.68. The highest BCUT2D eigenvalue weighted by Crippen LogP contribution is 2.46. The number of fused-ring (bicyclic) bond motifs is 1. The molecule has 1 N–H and O–H groups in total. The number of ether oxygens (including phenoxy) is 1. The Bertz CT molecular complexity index is 417. The van der Waals surface area contributed by atoms with Crippen LogP contribution in [0.5, 0.6) is 0 Å². The number of nitrogens with one attached hydrogen (secondary N) is 1. The minimum atomic E-state index is 0.114. The molecule has 19 heavy (non-hydrogen) atoms. The van der Waals surface area contributed by atoms with Gasteiger partial charge in [-0.1, -0.05) is 6.42 Å². The van der Waals surface area contributed by atoms with E-state index >= 15 is 0 Å². The van der Waals surface area contributed by atoms with Crippen LogP contribution in [-0.2, 0) is 16.0 Å². The lowest BCUT2D eigenvalue weighted by atomic mass is 9.83. The van der Waals surface area contributed by atoms with Gasteiger partial charge in [0, 0.05) is 31.4 Å². The Balaban J connectivity index is 1.45. The van der Waals surface area contributed by atoms with Gasteiger partial charge in [-0.3, -0.25) is 4.79 Å². The van der Waals surface area contributed by atoms with Gasteiger partial charge in [-0.15, -0.1) is 0 Å². The maximum Gasteiger partial charge on any atom is 0.220 e. The van der Waals surface area contributed by atoms with Gasteiger partial charge >= 0.3 is 0 Å². The summed E-state index contributed by atoms with van der Waals surface area (Å²) in [5, 5.41) is 3.09. The molecule has 104 valence electrons. The zero-order chi connectivity index (χ0) is 13.1. The molecule has 1 saturated heterocycles. The molecule has 1 saturated carbocycles. The number of hydrogen-bond donors (Lipinski definition) is 1. The van der Waals surface area contributed by atoms with Gasteiger partial charge in [0.25, 0.3) is 0 Å². The van der Waals surface area contributed by atoms with Crippen molar-refractivity contribution in [2.24, 2.45) is 5.41 Å². The van der Waals surface area contributed by atoms with Crippen molar-refractivity contribution in [2.75, 3.05) is 13.2 Å². The average molecular weight is 263 g/mol. The number of amides is 1. The first-order valence-corrected chi connectivity index (χ1v) is 7.19. The van der Waals surface area contributed by atoms with E-state index in [2.05, 4.69) is 5.32 Å². The second-order valence-corrected chi connectivity index (χ2v) is 5.72. The molecule has 0 radical (unpaired) electrons. The fourth-order valence-electron chi connectivity index (χ4n) is 3.40. The summed E-state index contributed by atoms with van der Waals surface area (Å²) >= 11 is 0. The van der Waals surface area contributed by atoms with Crippen LogP contribution >= 0.6 is 0 Å². The number of furan rings is 1. The van der Waals surface area contributed by atoms with Gasteiger partial charge < -0.3 is 14.5 Å². The average Bonchev–Trinajstić information content (AvgIpc) is 3.09. The number of hydrogen-bond acceptors (Lipinski definition) is 3. The lowest BCUT2D eigenvalue weighted by molar-refractivity contribution is -0.121. The van der Waals surface area contributed by atoms with Crippen LogP contribution in [0.1, 0.15) is 37.9 Å². The van der Waals surface area contributed by atoms with E-state index in [1.165, 1.54) is 12.8 Å². The SMILES string of the molecule is O=C(CCc1ccco1)NC[C@@]12CCC[C@@H]1OCC2. The first-order chi connectivity index (χ1) is 9.28. The molecular formula is C15H21NO3. The Morgan fingerprint density at radius 1 is 1.47 bits per heavy atom. The molecule has 1 aliphatic heterocycles. The van der Waals surface area contributed by atoms with Crippen molar-refractivity contribution in [3.63, 3.8) is 0 Å². The molecule has 4 nitrogen and oxygen atoms in total. The van der Waals surface area contributed by atoms with Crippen LogP contribution in [-0.4, -0.2) is 25.2 Å². The molecule has 2 heterocycles. The number of carbonyl (C=O) groups excluding carboxylic acids is 1. The standard InChI is InChI=1S/C15H21NO3/c17-14(6-5-12-3-2-9-18-12)16-11-15-7-1-4-13(15)19-10-8-15/h2-3,9,13H,1,4-8,10-11H2,(H,16,17)/t13-,15-/m0/s1. The maximum absolute atomic E-state index is 11.9. The fourth-order valence-corrected chi connectivity index (χ4v) is 3.40. The summed E-state index contributed by atoms with van der Waals surface area (Å²) in [6.45, 7) is 1.63. The van der Waals surface area contributed by atoms with Crippen molar-refractivity contribution in [2.45, 2.75) is 44.6 Å². The Labute approximate surface area is 113 Å². The summed E-state index contributed by atoms with van der Waals surface area (Å²) in [7, 11) is 0. The van der Waals surface area contributed by atoms with Crippen LogP contribution in [0.4, 0.5) is 0 Å². The molecule has 0 spiro atoms. The van der Waals surface area contributed by atoms with Crippen molar-refractivity contribution in [1.29, 1.82) is 0 Å². The van der Waals surface area contributed by atoms with Crippen LogP contribution in [0.2, 0.25) is 0 Å². The molecule has 0 unspecified atom stereocenters. The smallest absolute Gasteiger partial charge is 0.220 e. The quantitative estimate of drug-likeness (QED) is 0.886. The van der Waals surface area contributed by atoms with Crippen LogP contribution in [0.15, 0.2) is 22.8 Å². The van der Waals surface area contributed by atoms with Gasteiger partial charge in [-0.2, -0.15) is 0 Å². The zero-order valence-electron chi connectivity index (χ0n) is 11.2. The lowest BCUT2D eigenvalue weighted by Gasteiger charge is -2.27. The second-order valence-electron chi connectivity index (χ2n) is 5.72. The molecule has 1 aliphatic carbocycles. The summed E-state index contributed by atoms with van der Waals surface area (Å²) in [5.41, 5.74) is 0.223. The van der Waals surface area contributed by atoms with Gasteiger partial charge in [0.05, 0.1) is 12.4 Å². The van der Waals surface area contributed by atoms with Crippen molar-refractivity contribution in [3.8, 4) is 0 Å². The normalized spacial score (nSPS) is 29.4. The largest absolute Gasteiger partial charge is 0.469 e. The third-order valence-electron chi connectivity index (χ3n) is 4.56. The van der Waals surface area contributed by atoms with Gasteiger partial charge in [0.2, 0.25) is 5.91 Å². The molecule has 0 bridgehead atoms. The van der Waals surface area contributed by atoms with Crippen LogP contribution in [0.25, 0.3) is 0 Å². The Kier molecular flexibility index (Phi) is 3.60. The van der Waals surface area contributed by atoms with Gasteiger partial charge in [0.15, 0.2) is 0 Å². The molecule has 4 heteroatoms. The van der Waals surface area contributed by atoms with E-state index in [0.717, 1.165) is 31.8 Å². The lowest BCUT2D eigenvalue weighted by Crippen LogP contribution is -2.39. The summed E-state index contributed by atoms with van der Waals surface area (Å²) in [5.74, 6) is 0.986. The van der Waals surface area contributed by atoms with E-state index in [1.807, 2.05) is 12.1 Å². The summed E-state index contributed by atoms with van der Waals surface area (Å²) in [6.07, 6.45) is 7.85. The van der Waals surface area contributed by atoms with Crippen LogP contribution < -0.4 is 5.32 Å². The highest BCUT2D eigenvalue weighted by molar-refractivity contribution is 5.76. The topological polar surface area (TPSA) is 51.5 Å². The van der Waals surface area contributed by atoms with Crippen LogP contribution in [0.3, 0.4) is 0 Å². The second kappa shape index (κ2) is 5.37. The van der Waals surface area contributed by atoms with Gasteiger partial charge in [-0.05, 0) is 31.4 Å². The first-order valence-electron chi connectivity index (χ1n) is 7.19. The molecule has 2 aliphatic rings. The number of aryl methyl sites for hydroxylation is 1. The monoisotopic (exact) mass is 263 g/mol. The molecule has 0 aromatic carbocycles. The van der Waals surface area contributed by atoms with Crippen molar-refractivity contribution in [3.05, 3.63) is 24.2 Å². The van der Waals surface area contributed by atoms with E-state index in [4.69, 9.17) is 9.15 Å². The molecule has 2 atom stereocenters. The summed E-state index contributed by atoms with van der Waals surface area (Å²) in [4.78, 5) is 11.9. The highest BCUT2D eigenvalue weighted by atomic mass is 16.5. The van der Waals surface area contributed by atoms with E-state index < -0.39 is 0 Å². The number of rotatable bonds is 5. The maximum atomic E-state index is 11.9. The summed E-state index contributed by atoms with van der Waals surface area (Å²) < 4.78 is 11.0. The van der Waals surface area contributed by atoms with E-state index in [-0.39, 0.29) is 11.3 Å². The Morgan fingerprint density at radius 2 is 2.42 bits per heavy atom. The highest BCUT2D eigenvalue weighted by Gasteiger charge is 2.47. The van der Waals surface area contributed by atoms with Crippen molar-refractivity contribution in [1.82, 2.24) is 5.32 Å². The van der Waals surface area contributed by atoms with E-state index in [9.17, 15) is 4.79 Å². The predicted molar refractivity (Wildman–Crippen MR) is 70.7 cm³/mol. The van der Waals surface area contributed by atoms with E-state index in [1.54, 1.807) is 6.26 Å². The zero-order valence-corrected chi connectivity index (χ0v) is 11.2. The molecular weight excluding hydrogens is 242 g/mol. The molecule has 1 aromatic heterocycles. The minimum Gasteiger partial charge on any atom is -0.469 e. The van der Waals surface area contributed by atoms with Crippen molar-refractivity contribution < 1.29 is 13.9 Å². The molecule has 1 aromatic rings. The van der Waals surface area contributed by atoms with E-state index in [0.29, 0.717) is 18.9 Å². The molecule has 1 amide bonds. The third-order valence-corrected chi connectivity index (χ3v) is 4.56. The minimum absolute atomic E-state index is 0.114. The van der Waals surface area contributed by atoms with Crippen molar-refractivity contribution >= 4 is 5.91 Å². The Hall–Kier alpha value is -1.29. The van der Waals surface area contributed by atoms with Crippen LogP contribution in [0, 0.1) is 5.41 Å². The van der Waals surface area contributed by atoms with Gasteiger partial charge in [0.1, 0.15) is 5.76 Å². The predicted octanol–water partition coefficient (Wildman–Crippen LogP) is 2.29. The fraction of sp³-hybridized carbons (Fsp3) is 0.667. The molecule has 2 fully saturated rings. The number of carbonyl (C=O) groups is 1. The van der Waals surface area contributed by atoms with Gasteiger partial charge in [-0.25, -0.2) is 0 Å². The molecule has 3 rings (SSSR count).